The molecule has 3 rings (SSSR count). The third-order valence-electron chi connectivity index (χ3n) is 3.24. The summed E-state index contributed by atoms with van der Waals surface area (Å²) in [6.45, 7) is 2.44. The molecule has 0 aromatic heterocycles. The summed E-state index contributed by atoms with van der Waals surface area (Å²) in [5.74, 6) is -0.523. The van der Waals surface area contributed by atoms with E-state index in [9.17, 15) is 9.59 Å². The lowest BCUT2D eigenvalue weighted by atomic mass is 10.1. The number of hydrogen-bond donors (Lipinski definition) is 0. The van der Waals surface area contributed by atoms with Gasteiger partial charge in [0, 0.05) is 0 Å². The average molecular weight is 247 g/mol. The molecule has 18 heavy (non-hydrogen) atoms. The highest BCUT2D eigenvalue weighted by Gasteiger charge is 2.41. The van der Waals surface area contributed by atoms with Crippen molar-refractivity contribution >= 4 is 11.8 Å². The van der Waals surface area contributed by atoms with E-state index in [1.807, 2.05) is 0 Å². The SMILES string of the molecule is CC1OCC(N2C(=O)c3ccccc3C2=O)CO1. The van der Waals surface area contributed by atoms with E-state index in [4.69, 9.17) is 9.47 Å². The second-order valence-corrected chi connectivity index (χ2v) is 4.41. The molecule has 1 aromatic carbocycles. The van der Waals surface area contributed by atoms with Crippen molar-refractivity contribution in [3.05, 3.63) is 35.4 Å². The van der Waals surface area contributed by atoms with Gasteiger partial charge >= 0.3 is 0 Å². The Bertz CT molecular complexity index is 470. The first-order valence-electron chi connectivity index (χ1n) is 5.88. The normalized spacial score (nSPS) is 27.5. The fraction of sp³-hybridized carbons (Fsp3) is 0.385. The third kappa shape index (κ3) is 1.63. The molecule has 0 N–H and O–H groups in total. The van der Waals surface area contributed by atoms with E-state index in [1.54, 1.807) is 31.2 Å². The predicted molar refractivity (Wildman–Crippen MR) is 62.1 cm³/mol. The second kappa shape index (κ2) is 4.19. The van der Waals surface area contributed by atoms with Crippen molar-refractivity contribution in [1.82, 2.24) is 4.90 Å². The number of carbonyl (C=O) groups is 2. The first-order chi connectivity index (χ1) is 8.68. The van der Waals surface area contributed by atoms with E-state index in [1.165, 1.54) is 4.90 Å². The molecule has 0 unspecified atom stereocenters. The number of nitrogens with zero attached hydrogens (tertiary/aromatic N) is 1. The number of rotatable bonds is 1. The maximum absolute atomic E-state index is 12.2. The van der Waals surface area contributed by atoms with Gasteiger partial charge in [0.25, 0.3) is 11.8 Å². The van der Waals surface area contributed by atoms with Crippen LogP contribution in [0, 0.1) is 0 Å². The van der Waals surface area contributed by atoms with Crippen LogP contribution in [0.15, 0.2) is 24.3 Å². The number of hydrogen-bond acceptors (Lipinski definition) is 4. The standard InChI is InChI=1S/C13H13NO4/c1-8-17-6-9(7-18-8)14-12(15)10-4-2-3-5-11(10)13(14)16/h2-5,8-9H,6-7H2,1H3. The predicted octanol–water partition coefficient (Wildman–Crippen LogP) is 1.04. The lowest BCUT2D eigenvalue weighted by Gasteiger charge is -2.32. The van der Waals surface area contributed by atoms with Crippen LogP contribution in [0.25, 0.3) is 0 Å². The smallest absolute Gasteiger partial charge is 0.261 e. The van der Waals surface area contributed by atoms with Crippen LogP contribution in [-0.4, -0.2) is 42.3 Å². The van der Waals surface area contributed by atoms with Gasteiger partial charge < -0.3 is 9.47 Å². The fourth-order valence-electron chi connectivity index (χ4n) is 2.28. The molecule has 1 fully saturated rings. The maximum Gasteiger partial charge on any atom is 0.261 e. The molecule has 0 saturated carbocycles. The second-order valence-electron chi connectivity index (χ2n) is 4.41. The van der Waals surface area contributed by atoms with Crippen LogP contribution in [-0.2, 0) is 9.47 Å². The third-order valence-corrected chi connectivity index (χ3v) is 3.24. The lowest BCUT2D eigenvalue weighted by Crippen LogP contribution is -2.49. The van der Waals surface area contributed by atoms with Gasteiger partial charge in [0.05, 0.1) is 30.4 Å². The monoisotopic (exact) mass is 247 g/mol. The van der Waals surface area contributed by atoms with Gasteiger partial charge in [-0.15, -0.1) is 0 Å². The first-order valence-corrected chi connectivity index (χ1v) is 5.88. The van der Waals surface area contributed by atoms with Crippen LogP contribution < -0.4 is 0 Å². The van der Waals surface area contributed by atoms with Gasteiger partial charge in [0.15, 0.2) is 6.29 Å². The van der Waals surface area contributed by atoms with Crippen molar-refractivity contribution in [2.45, 2.75) is 19.3 Å². The van der Waals surface area contributed by atoms with Gasteiger partial charge in [-0.25, -0.2) is 0 Å². The maximum atomic E-state index is 12.2. The van der Waals surface area contributed by atoms with E-state index in [0.717, 1.165) is 0 Å². The minimum Gasteiger partial charge on any atom is -0.351 e. The number of benzene rings is 1. The summed E-state index contributed by atoms with van der Waals surface area (Å²) in [6, 6.07) is 6.51. The molecule has 2 amide bonds. The number of imide groups is 1. The molecule has 0 atom stereocenters. The molecule has 2 heterocycles. The lowest BCUT2D eigenvalue weighted by molar-refractivity contribution is -0.187. The summed E-state index contributed by atoms with van der Waals surface area (Å²) in [7, 11) is 0. The highest BCUT2D eigenvalue weighted by Crippen LogP contribution is 2.26. The Labute approximate surface area is 104 Å². The summed E-state index contributed by atoms with van der Waals surface area (Å²) >= 11 is 0. The molecular formula is C13H13NO4. The minimum absolute atomic E-state index is 0.262. The van der Waals surface area contributed by atoms with Crippen LogP contribution in [0.4, 0.5) is 0 Å². The topological polar surface area (TPSA) is 55.8 Å². The van der Waals surface area contributed by atoms with Gasteiger partial charge in [-0.1, -0.05) is 12.1 Å². The van der Waals surface area contributed by atoms with Crippen LogP contribution in [0.5, 0.6) is 0 Å². The molecule has 0 bridgehead atoms. The number of fused-ring (bicyclic) bond motifs is 1. The first kappa shape index (κ1) is 11.4. The van der Waals surface area contributed by atoms with Crippen LogP contribution in [0.3, 0.4) is 0 Å². The molecule has 2 aliphatic heterocycles. The molecule has 1 aromatic rings. The van der Waals surface area contributed by atoms with Crippen LogP contribution in [0.1, 0.15) is 27.6 Å². The highest BCUT2D eigenvalue weighted by atomic mass is 16.7. The summed E-state index contributed by atoms with van der Waals surface area (Å²) < 4.78 is 10.7. The summed E-state index contributed by atoms with van der Waals surface area (Å²) in [4.78, 5) is 25.6. The molecule has 5 nitrogen and oxygen atoms in total. The average Bonchev–Trinajstić information content (AvgIpc) is 2.64. The zero-order valence-electron chi connectivity index (χ0n) is 9.96. The van der Waals surface area contributed by atoms with Crippen LogP contribution >= 0.6 is 0 Å². The van der Waals surface area contributed by atoms with Gasteiger partial charge in [-0.2, -0.15) is 0 Å². The Morgan fingerprint density at radius 1 is 1.06 bits per heavy atom. The van der Waals surface area contributed by atoms with Gasteiger partial charge in [0.2, 0.25) is 0 Å². The highest BCUT2D eigenvalue weighted by molar-refractivity contribution is 6.21. The van der Waals surface area contributed by atoms with Crippen molar-refractivity contribution in [2.75, 3.05) is 13.2 Å². The van der Waals surface area contributed by atoms with Gasteiger partial charge in [-0.3, -0.25) is 14.5 Å². The van der Waals surface area contributed by atoms with Crippen molar-refractivity contribution in [1.29, 1.82) is 0 Å². The zero-order chi connectivity index (χ0) is 12.7. The number of amides is 2. The van der Waals surface area contributed by atoms with Crippen molar-refractivity contribution in [3.8, 4) is 0 Å². The van der Waals surface area contributed by atoms with E-state index in [2.05, 4.69) is 0 Å². The quantitative estimate of drug-likeness (QED) is 0.696. The Morgan fingerprint density at radius 2 is 1.56 bits per heavy atom. The Morgan fingerprint density at radius 3 is 2.06 bits per heavy atom. The van der Waals surface area contributed by atoms with Crippen molar-refractivity contribution in [2.24, 2.45) is 0 Å². The summed E-state index contributed by atoms with van der Waals surface area (Å²) in [6.07, 6.45) is -0.281. The molecule has 0 aliphatic carbocycles. The van der Waals surface area contributed by atoms with Crippen LogP contribution in [0.2, 0.25) is 0 Å². The summed E-state index contributed by atoms with van der Waals surface area (Å²) in [5.41, 5.74) is 0.919. The molecule has 2 aliphatic rings. The van der Waals surface area contributed by atoms with E-state index in [-0.39, 0.29) is 24.1 Å². The molecule has 94 valence electrons. The van der Waals surface area contributed by atoms with Gasteiger partial charge in [-0.05, 0) is 19.1 Å². The van der Waals surface area contributed by atoms with Crippen molar-refractivity contribution in [3.63, 3.8) is 0 Å². The Hall–Kier alpha value is -1.72. The molecule has 1 saturated heterocycles. The zero-order valence-corrected chi connectivity index (χ0v) is 9.96. The largest absolute Gasteiger partial charge is 0.351 e. The van der Waals surface area contributed by atoms with E-state index in [0.29, 0.717) is 24.3 Å². The fourth-order valence-corrected chi connectivity index (χ4v) is 2.28. The Balaban J connectivity index is 1.88. The summed E-state index contributed by atoms with van der Waals surface area (Å²) in [5, 5.41) is 0. The number of ether oxygens (including phenoxy) is 2. The van der Waals surface area contributed by atoms with E-state index < -0.39 is 0 Å². The van der Waals surface area contributed by atoms with Gasteiger partial charge in [0.1, 0.15) is 0 Å². The molecule has 0 spiro atoms. The molecule has 0 radical (unpaired) electrons. The molecular weight excluding hydrogens is 234 g/mol. The molecule has 5 heteroatoms. The van der Waals surface area contributed by atoms with Crippen molar-refractivity contribution < 1.29 is 19.1 Å². The Kier molecular flexibility index (Phi) is 2.65. The van der Waals surface area contributed by atoms with E-state index >= 15 is 0 Å². The number of carbonyl (C=O) groups excluding carboxylic acids is 2. The minimum atomic E-state index is -0.339.